The number of rotatable bonds is 5. The number of methoxy groups -OCH3 is 1. The Bertz CT molecular complexity index is 1010. The fourth-order valence-electron chi connectivity index (χ4n) is 2.61. The number of urea groups is 1. The van der Waals surface area contributed by atoms with Crippen molar-refractivity contribution in [3.8, 4) is 22.6 Å². The second-order valence-electron chi connectivity index (χ2n) is 5.58. The van der Waals surface area contributed by atoms with Crippen LogP contribution in [0.3, 0.4) is 0 Å². The number of anilines is 1. The second kappa shape index (κ2) is 7.16. The molecule has 9 heteroatoms. The van der Waals surface area contributed by atoms with Crippen LogP contribution in [0.25, 0.3) is 16.8 Å². The Labute approximate surface area is 153 Å². The number of nitrogens with zero attached hydrogens (tertiary/aromatic N) is 2. The van der Waals surface area contributed by atoms with Crippen LogP contribution in [-0.2, 0) is 0 Å². The zero-order valence-corrected chi connectivity index (χ0v) is 14.3. The van der Waals surface area contributed by atoms with E-state index in [-0.39, 0.29) is 17.2 Å². The lowest BCUT2D eigenvalue weighted by Crippen LogP contribution is -2.22. The number of primary amides is 2. The van der Waals surface area contributed by atoms with E-state index in [4.69, 9.17) is 16.2 Å². The van der Waals surface area contributed by atoms with Crippen molar-refractivity contribution in [2.24, 2.45) is 11.5 Å². The summed E-state index contributed by atoms with van der Waals surface area (Å²) in [5.41, 5.74) is 12.3. The number of nitrogens with two attached hydrogens (primary N) is 2. The molecule has 3 rings (SSSR count). The third-order valence-corrected chi connectivity index (χ3v) is 3.81. The third kappa shape index (κ3) is 3.71. The molecule has 0 aliphatic heterocycles. The molecule has 0 atom stereocenters. The molecule has 0 aliphatic carbocycles. The lowest BCUT2D eigenvalue weighted by molar-refractivity contribution is 0.0996. The normalized spacial score (nSPS) is 10.4. The van der Waals surface area contributed by atoms with E-state index in [0.717, 1.165) is 5.56 Å². The highest BCUT2D eigenvalue weighted by molar-refractivity contribution is 6.00. The van der Waals surface area contributed by atoms with Crippen LogP contribution in [0, 0.1) is 5.82 Å². The van der Waals surface area contributed by atoms with Gasteiger partial charge in [-0.15, -0.1) is 0 Å². The first-order valence-corrected chi connectivity index (χ1v) is 7.79. The average Bonchev–Trinajstić information content (AvgIpc) is 3.05. The summed E-state index contributed by atoms with van der Waals surface area (Å²) < 4.78 is 20.2. The summed E-state index contributed by atoms with van der Waals surface area (Å²) in [7, 11) is 1.51. The lowest BCUT2D eigenvalue weighted by atomic mass is 10.0. The maximum Gasteiger partial charge on any atom is 0.316 e. The zero-order valence-electron chi connectivity index (χ0n) is 14.3. The Hall–Kier alpha value is -3.88. The standard InChI is InChI=1S/C18H16FN5O3/c1-27-15-7-4-11(19)8-13(15)10-2-5-12(6-3-10)24-9-14(22-18(21)26)16(23-24)17(20)25/h2-9H,1H3,(H2,20,25)(H3,21,22,26). The van der Waals surface area contributed by atoms with Crippen LogP contribution >= 0.6 is 0 Å². The van der Waals surface area contributed by atoms with Gasteiger partial charge in [-0.25, -0.2) is 13.9 Å². The number of aromatic nitrogens is 2. The van der Waals surface area contributed by atoms with Gasteiger partial charge in [0.25, 0.3) is 5.91 Å². The van der Waals surface area contributed by atoms with Gasteiger partial charge in [0, 0.05) is 5.56 Å². The quantitative estimate of drug-likeness (QED) is 0.638. The summed E-state index contributed by atoms with van der Waals surface area (Å²) in [5.74, 6) is -0.652. The summed E-state index contributed by atoms with van der Waals surface area (Å²) >= 11 is 0. The Balaban J connectivity index is 1.98. The van der Waals surface area contributed by atoms with Crippen LogP contribution in [0.1, 0.15) is 10.5 Å². The molecule has 0 saturated heterocycles. The molecule has 0 spiro atoms. The Kier molecular flexibility index (Phi) is 4.75. The van der Waals surface area contributed by atoms with Crippen LogP contribution in [0.4, 0.5) is 14.9 Å². The molecular formula is C18H16FN5O3. The average molecular weight is 369 g/mol. The van der Waals surface area contributed by atoms with Crippen LogP contribution in [0.5, 0.6) is 5.75 Å². The smallest absolute Gasteiger partial charge is 0.316 e. The van der Waals surface area contributed by atoms with Crippen LogP contribution < -0.4 is 21.5 Å². The zero-order chi connectivity index (χ0) is 19.6. The van der Waals surface area contributed by atoms with Crippen LogP contribution in [0.15, 0.2) is 48.7 Å². The minimum atomic E-state index is -0.842. The molecule has 0 aliphatic rings. The van der Waals surface area contributed by atoms with Crippen molar-refractivity contribution in [3.05, 3.63) is 60.2 Å². The number of hydrogen-bond donors (Lipinski definition) is 3. The number of hydrogen-bond acceptors (Lipinski definition) is 4. The molecule has 3 aromatic rings. The first-order valence-electron chi connectivity index (χ1n) is 7.79. The molecule has 0 bridgehead atoms. The van der Waals surface area contributed by atoms with Gasteiger partial charge in [0.15, 0.2) is 5.69 Å². The summed E-state index contributed by atoms with van der Waals surface area (Å²) in [5, 5.41) is 6.37. The minimum absolute atomic E-state index is 0.103. The van der Waals surface area contributed by atoms with Crippen LogP contribution in [-0.4, -0.2) is 28.8 Å². The molecule has 0 saturated carbocycles. The van der Waals surface area contributed by atoms with Crippen molar-refractivity contribution in [2.45, 2.75) is 0 Å². The van der Waals surface area contributed by atoms with Gasteiger partial charge < -0.3 is 21.5 Å². The Morgan fingerprint density at radius 2 is 1.85 bits per heavy atom. The van der Waals surface area contributed by atoms with Gasteiger partial charge in [0.2, 0.25) is 0 Å². The molecular weight excluding hydrogens is 353 g/mol. The topological polar surface area (TPSA) is 125 Å². The molecule has 3 amide bonds. The van der Waals surface area contributed by atoms with Gasteiger partial charge in [0.1, 0.15) is 11.6 Å². The molecule has 27 heavy (non-hydrogen) atoms. The molecule has 0 radical (unpaired) electrons. The van der Waals surface area contributed by atoms with Crippen molar-refractivity contribution < 1.29 is 18.7 Å². The van der Waals surface area contributed by atoms with Gasteiger partial charge in [-0.3, -0.25) is 4.79 Å². The maximum absolute atomic E-state index is 13.6. The molecule has 138 valence electrons. The number of carbonyl (C=O) groups excluding carboxylic acids is 2. The lowest BCUT2D eigenvalue weighted by Gasteiger charge is -2.09. The van der Waals surface area contributed by atoms with Crippen molar-refractivity contribution in [1.82, 2.24) is 9.78 Å². The molecule has 1 heterocycles. The molecule has 5 N–H and O–H groups in total. The van der Waals surface area contributed by atoms with E-state index in [1.807, 2.05) is 0 Å². The second-order valence-corrected chi connectivity index (χ2v) is 5.58. The molecule has 2 aromatic carbocycles. The Morgan fingerprint density at radius 3 is 2.44 bits per heavy atom. The van der Waals surface area contributed by atoms with Gasteiger partial charge in [-0.05, 0) is 35.9 Å². The molecule has 0 fully saturated rings. The number of amides is 3. The van der Waals surface area contributed by atoms with E-state index >= 15 is 0 Å². The molecule has 8 nitrogen and oxygen atoms in total. The van der Waals surface area contributed by atoms with Crippen LogP contribution in [0.2, 0.25) is 0 Å². The van der Waals surface area contributed by atoms with Crippen molar-refractivity contribution in [1.29, 1.82) is 0 Å². The largest absolute Gasteiger partial charge is 0.496 e. The summed E-state index contributed by atoms with van der Waals surface area (Å²) in [4.78, 5) is 22.6. The SMILES string of the molecule is COc1ccc(F)cc1-c1ccc(-n2cc(NC(N)=O)c(C(N)=O)n2)cc1. The fourth-order valence-corrected chi connectivity index (χ4v) is 2.61. The third-order valence-electron chi connectivity index (χ3n) is 3.81. The van der Waals surface area contributed by atoms with Crippen molar-refractivity contribution >= 4 is 17.6 Å². The van der Waals surface area contributed by atoms with E-state index in [0.29, 0.717) is 17.0 Å². The van der Waals surface area contributed by atoms with Gasteiger partial charge in [-0.2, -0.15) is 5.10 Å². The molecule has 1 aromatic heterocycles. The number of halogens is 1. The predicted molar refractivity (Wildman–Crippen MR) is 97.2 cm³/mol. The number of ether oxygens (including phenoxy) is 1. The summed E-state index contributed by atoms with van der Waals surface area (Å²) in [6.45, 7) is 0. The predicted octanol–water partition coefficient (Wildman–Crippen LogP) is 2.28. The fraction of sp³-hybridized carbons (Fsp3) is 0.0556. The highest BCUT2D eigenvalue weighted by atomic mass is 19.1. The van der Waals surface area contributed by atoms with Crippen molar-refractivity contribution in [3.63, 3.8) is 0 Å². The van der Waals surface area contributed by atoms with Crippen molar-refractivity contribution in [2.75, 3.05) is 12.4 Å². The van der Waals surface area contributed by atoms with E-state index in [2.05, 4.69) is 10.4 Å². The van der Waals surface area contributed by atoms with Gasteiger partial charge in [-0.1, -0.05) is 12.1 Å². The first-order chi connectivity index (χ1) is 12.9. The molecule has 0 unspecified atom stereocenters. The summed E-state index contributed by atoms with van der Waals surface area (Å²) in [6, 6.07) is 10.3. The van der Waals surface area contributed by atoms with E-state index in [9.17, 15) is 14.0 Å². The highest BCUT2D eigenvalue weighted by Crippen LogP contribution is 2.31. The highest BCUT2D eigenvalue weighted by Gasteiger charge is 2.16. The number of carbonyl (C=O) groups is 2. The minimum Gasteiger partial charge on any atom is -0.496 e. The number of nitrogens with one attached hydrogen (secondary N) is 1. The van der Waals surface area contributed by atoms with E-state index in [1.165, 1.54) is 30.1 Å². The van der Waals surface area contributed by atoms with Gasteiger partial charge in [0.05, 0.1) is 24.7 Å². The van der Waals surface area contributed by atoms with Gasteiger partial charge >= 0.3 is 6.03 Å². The Morgan fingerprint density at radius 1 is 1.15 bits per heavy atom. The summed E-state index contributed by atoms with van der Waals surface area (Å²) in [6.07, 6.45) is 1.42. The number of benzene rings is 2. The monoisotopic (exact) mass is 369 g/mol. The van der Waals surface area contributed by atoms with E-state index < -0.39 is 11.9 Å². The van der Waals surface area contributed by atoms with E-state index in [1.54, 1.807) is 30.3 Å². The first kappa shape index (κ1) is 17.9. The maximum atomic E-state index is 13.6.